The van der Waals surface area contributed by atoms with E-state index < -0.39 is 10.4 Å². The van der Waals surface area contributed by atoms with Crippen LogP contribution in [-0.4, -0.2) is 31.2 Å². The predicted molar refractivity (Wildman–Crippen MR) is 32.8 cm³/mol. The number of hydrogen-bond acceptors (Lipinski definition) is 4. The average Bonchev–Trinajstić information content (AvgIpc) is 1.63. The lowest BCUT2D eigenvalue weighted by molar-refractivity contribution is -0.268. The molecule has 0 aliphatic carbocycles. The van der Waals surface area contributed by atoms with Gasteiger partial charge in [0, 0.05) is 0 Å². The highest BCUT2D eigenvalue weighted by Gasteiger charge is 1.84. The maximum Gasteiger partial charge on any atom is 0.394 e. The molecule has 0 aromatic carbocycles. The Morgan fingerprint density at radius 1 is 1.40 bits per heavy atom. The minimum Gasteiger partial charge on any atom is -0.264 e. The summed E-state index contributed by atoms with van der Waals surface area (Å²) in [7, 11) is -3.18. The highest BCUT2D eigenvalue weighted by molar-refractivity contribution is 7.79. The van der Waals surface area contributed by atoms with Crippen molar-refractivity contribution in [2.45, 2.75) is 6.92 Å². The molecule has 6 nitrogen and oxygen atoms in total. The molecule has 0 bridgehead atoms. The Kier molecular flexibility index (Phi) is 8.61. The summed E-state index contributed by atoms with van der Waals surface area (Å²) >= 11 is 0. The second-order valence-corrected chi connectivity index (χ2v) is 1.92. The first-order valence-electron chi connectivity index (χ1n) is 2.27. The van der Waals surface area contributed by atoms with Crippen molar-refractivity contribution in [2.75, 3.05) is 13.7 Å². The Morgan fingerprint density at radius 3 is 1.70 bits per heavy atom. The molecule has 0 unspecified atom stereocenters. The molecule has 0 aliphatic heterocycles. The van der Waals surface area contributed by atoms with Crippen molar-refractivity contribution in [3.05, 3.63) is 0 Å². The monoisotopic (exact) mass is 174 g/mol. The maximum absolute atomic E-state index is 8.74. The van der Waals surface area contributed by atoms with Crippen molar-refractivity contribution in [1.29, 1.82) is 0 Å². The first-order valence-corrected chi connectivity index (χ1v) is 3.67. The fraction of sp³-hybridized carbons (Fsp3) is 1.00. The van der Waals surface area contributed by atoms with E-state index in [9.17, 15) is 0 Å². The summed E-state index contributed by atoms with van der Waals surface area (Å²) in [5.41, 5.74) is 0. The van der Waals surface area contributed by atoms with Crippen LogP contribution in [0.2, 0.25) is 0 Å². The van der Waals surface area contributed by atoms with Gasteiger partial charge in [-0.25, -0.2) is 9.78 Å². The molecule has 0 saturated heterocycles. The molecule has 7 heteroatoms. The van der Waals surface area contributed by atoms with E-state index >= 15 is 0 Å². The van der Waals surface area contributed by atoms with Crippen LogP contribution in [0.25, 0.3) is 0 Å². The summed E-state index contributed by atoms with van der Waals surface area (Å²) in [6.45, 7) is 2.49. The Hall–Kier alpha value is -0.210. The zero-order chi connectivity index (χ0) is 8.62. The molecule has 0 fully saturated rings. The average molecular weight is 174 g/mol. The van der Waals surface area contributed by atoms with Crippen LogP contribution in [0.15, 0.2) is 0 Å². The molecule has 0 radical (unpaired) electrons. The summed E-state index contributed by atoms with van der Waals surface area (Å²) in [5.74, 6) is 0. The molecule has 0 heterocycles. The summed E-state index contributed by atoms with van der Waals surface area (Å²) < 4.78 is 31.6. The van der Waals surface area contributed by atoms with E-state index in [1.165, 1.54) is 7.11 Å². The van der Waals surface area contributed by atoms with Crippen LogP contribution in [0, 0.1) is 0 Å². The molecule has 0 amide bonds. The van der Waals surface area contributed by atoms with Gasteiger partial charge in [0.1, 0.15) is 0 Å². The van der Waals surface area contributed by atoms with Gasteiger partial charge in [0.25, 0.3) is 0 Å². The van der Waals surface area contributed by atoms with E-state index in [1.807, 2.05) is 6.92 Å². The molecule has 0 rings (SSSR count). The zero-order valence-electron chi connectivity index (χ0n) is 5.64. The second-order valence-electron chi connectivity index (χ2n) is 1.02. The van der Waals surface area contributed by atoms with Gasteiger partial charge in [0.05, 0.1) is 13.7 Å². The van der Waals surface area contributed by atoms with Gasteiger partial charge in [0.15, 0.2) is 0 Å². The van der Waals surface area contributed by atoms with Crippen LogP contribution in [0.1, 0.15) is 6.92 Å². The first kappa shape index (κ1) is 12.5. The molecule has 0 spiro atoms. The van der Waals surface area contributed by atoms with Crippen molar-refractivity contribution < 1.29 is 27.3 Å². The Bertz CT molecular complexity index is 127. The van der Waals surface area contributed by atoms with Crippen molar-refractivity contribution >= 4 is 10.4 Å². The molecular weight excluding hydrogens is 164 g/mol. The third kappa shape index (κ3) is 112. The fourth-order valence-corrected chi connectivity index (χ4v) is 0.118. The van der Waals surface area contributed by atoms with Crippen LogP contribution in [0.4, 0.5) is 0 Å². The summed E-state index contributed by atoms with van der Waals surface area (Å²) in [6.07, 6.45) is 0. The van der Waals surface area contributed by atoms with Crippen LogP contribution in [0.5, 0.6) is 0 Å². The van der Waals surface area contributed by atoms with E-state index in [-0.39, 0.29) is 0 Å². The molecule has 64 valence electrons. The lowest BCUT2D eigenvalue weighted by Gasteiger charge is -1.86. The third-order valence-electron chi connectivity index (χ3n) is 0.236. The van der Waals surface area contributed by atoms with Crippen LogP contribution >= 0.6 is 0 Å². The predicted octanol–water partition coefficient (Wildman–Crippen LogP) is -0.0685. The van der Waals surface area contributed by atoms with Crippen molar-refractivity contribution in [2.24, 2.45) is 0 Å². The third-order valence-corrected chi connectivity index (χ3v) is 0.236. The zero-order valence-corrected chi connectivity index (χ0v) is 6.46. The quantitative estimate of drug-likeness (QED) is 0.346. The van der Waals surface area contributed by atoms with E-state index in [1.54, 1.807) is 0 Å². The van der Waals surface area contributed by atoms with Crippen LogP contribution in [0.3, 0.4) is 0 Å². The van der Waals surface area contributed by atoms with Gasteiger partial charge in [-0.2, -0.15) is 8.42 Å². The molecule has 0 atom stereocenters. The highest BCUT2D eigenvalue weighted by Crippen LogP contribution is 1.64. The molecule has 0 aliphatic rings. The molecule has 0 aromatic rings. The van der Waals surface area contributed by atoms with Gasteiger partial charge < -0.3 is 0 Å². The van der Waals surface area contributed by atoms with Crippen molar-refractivity contribution in [1.82, 2.24) is 0 Å². The lowest BCUT2D eigenvalue weighted by Crippen LogP contribution is -1.89. The lowest BCUT2D eigenvalue weighted by atomic mass is 10.9. The van der Waals surface area contributed by atoms with E-state index in [0.29, 0.717) is 6.61 Å². The van der Waals surface area contributed by atoms with Gasteiger partial charge in [0.2, 0.25) is 0 Å². The summed E-state index contributed by atoms with van der Waals surface area (Å²) in [5, 5.41) is 0. The first-order chi connectivity index (χ1) is 4.41. The smallest absolute Gasteiger partial charge is 0.264 e. The minimum atomic E-state index is -4.67. The molecular formula is C3H10O6S. The van der Waals surface area contributed by atoms with E-state index in [0.717, 1.165) is 0 Å². The molecule has 2 N–H and O–H groups in total. The standard InChI is InChI=1S/C3H8O2.H2O4S/c1-3-5-4-2;1-5(2,3)4/h3H2,1-2H3;(H2,1,2,3,4). The van der Waals surface area contributed by atoms with Gasteiger partial charge in [-0.15, -0.1) is 0 Å². The van der Waals surface area contributed by atoms with Gasteiger partial charge in [-0.3, -0.25) is 9.11 Å². The number of rotatable bonds is 2. The summed E-state index contributed by atoms with van der Waals surface area (Å²) in [6, 6.07) is 0. The van der Waals surface area contributed by atoms with Crippen LogP contribution < -0.4 is 0 Å². The van der Waals surface area contributed by atoms with E-state index in [2.05, 4.69) is 9.78 Å². The topological polar surface area (TPSA) is 93.1 Å². The SMILES string of the molecule is CCOOC.O=S(=O)(O)O. The minimum absolute atomic E-state index is 0.622. The van der Waals surface area contributed by atoms with Gasteiger partial charge >= 0.3 is 10.4 Å². The Balaban J connectivity index is 0. The van der Waals surface area contributed by atoms with Gasteiger partial charge in [-0.1, -0.05) is 0 Å². The summed E-state index contributed by atoms with van der Waals surface area (Å²) in [4.78, 5) is 8.52. The normalized spacial score (nSPS) is 10.0. The Morgan fingerprint density at radius 2 is 1.70 bits per heavy atom. The second kappa shape index (κ2) is 6.90. The fourth-order valence-electron chi connectivity index (χ4n) is 0.118. The van der Waals surface area contributed by atoms with Crippen molar-refractivity contribution in [3.63, 3.8) is 0 Å². The van der Waals surface area contributed by atoms with Gasteiger partial charge in [-0.05, 0) is 6.92 Å². The highest BCUT2D eigenvalue weighted by atomic mass is 32.3. The van der Waals surface area contributed by atoms with Crippen LogP contribution in [-0.2, 0) is 20.2 Å². The molecule has 0 saturated carbocycles. The van der Waals surface area contributed by atoms with E-state index in [4.69, 9.17) is 17.5 Å². The molecule has 0 aromatic heterocycles. The number of hydrogen-bond donors (Lipinski definition) is 2. The molecule has 10 heavy (non-hydrogen) atoms. The largest absolute Gasteiger partial charge is 0.394 e. The maximum atomic E-state index is 8.74. The van der Waals surface area contributed by atoms with Crippen molar-refractivity contribution in [3.8, 4) is 0 Å². The Labute approximate surface area is 59.3 Å².